The first kappa shape index (κ1) is 22.2. The van der Waals surface area contributed by atoms with Gasteiger partial charge in [0.2, 0.25) is 0 Å². The third kappa shape index (κ3) is 5.64. The van der Waals surface area contributed by atoms with Crippen molar-refractivity contribution in [3.05, 3.63) is 105 Å². The first-order chi connectivity index (χ1) is 14.9. The molecule has 1 atom stereocenters. The molecule has 6 heteroatoms. The summed E-state index contributed by atoms with van der Waals surface area (Å²) in [5.74, 6) is -0.924. The zero-order chi connectivity index (χ0) is 22.0. The van der Waals surface area contributed by atoms with Crippen molar-refractivity contribution in [3.8, 4) is 0 Å². The number of halogens is 4. The molecule has 0 aliphatic carbocycles. The average Bonchev–Trinajstić information content (AvgIpc) is 2.68. The summed E-state index contributed by atoms with van der Waals surface area (Å²) in [4.78, 5) is 2.35. The maximum absolute atomic E-state index is 13.4. The van der Waals surface area contributed by atoms with Crippen molar-refractivity contribution < 1.29 is 13.9 Å². The minimum Gasteiger partial charge on any atom is -0.393 e. The van der Waals surface area contributed by atoms with E-state index < -0.39 is 17.7 Å². The Labute approximate surface area is 191 Å². The fourth-order valence-corrected chi connectivity index (χ4v) is 4.59. The molecule has 1 aliphatic heterocycles. The molecular formula is C25H23Cl2F2NO. The highest BCUT2D eigenvalue weighted by atomic mass is 35.5. The Morgan fingerprint density at radius 1 is 0.839 bits per heavy atom. The third-order valence-corrected chi connectivity index (χ3v) is 6.23. The summed E-state index contributed by atoms with van der Waals surface area (Å²) in [5, 5.41) is 11.8. The van der Waals surface area contributed by atoms with Crippen molar-refractivity contribution >= 4 is 23.2 Å². The number of likely N-dealkylation sites (tertiary alicyclic amines) is 1. The standard InChI is InChI=1S/C25H23Cl2F2NO/c26-20-5-1-18(2-6-20)25(19-3-7-21(27)8-4-19)30-14-17(15-30)12-24(31)11-16-9-22(28)13-23(29)10-16/h1-10,13,17,24-25,31H,11-12,14-15H2. The smallest absolute Gasteiger partial charge is 0.126 e. The molecule has 2 nitrogen and oxygen atoms in total. The fourth-order valence-electron chi connectivity index (χ4n) is 4.34. The summed E-state index contributed by atoms with van der Waals surface area (Å²) >= 11 is 12.1. The molecule has 0 bridgehead atoms. The number of benzene rings is 3. The Bertz CT molecular complexity index is 955. The van der Waals surface area contributed by atoms with Gasteiger partial charge in [0.1, 0.15) is 11.6 Å². The maximum Gasteiger partial charge on any atom is 0.126 e. The van der Waals surface area contributed by atoms with Crippen LogP contribution in [0.3, 0.4) is 0 Å². The summed E-state index contributed by atoms with van der Waals surface area (Å²) in [6.07, 6.45) is 0.184. The molecule has 1 saturated heterocycles. The van der Waals surface area contributed by atoms with Gasteiger partial charge in [-0.2, -0.15) is 0 Å². The third-order valence-electron chi connectivity index (χ3n) is 5.72. The number of nitrogens with zero attached hydrogens (tertiary/aromatic N) is 1. The summed E-state index contributed by atoms with van der Waals surface area (Å²) in [6.45, 7) is 1.65. The van der Waals surface area contributed by atoms with Crippen LogP contribution < -0.4 is 0 Å². The van der Waals surface area contributed by atoms with Gasteiger partial charge in [0.25, 0.3) is 0 Å². The van der Waals surface area contributed by atoms with Gasteiger partial charge in [0.05, 0.1) is 12.1 Å². The van der Waals surface area contributed by atoms with E-state index >= 15 is 0 Å². The van der Waals surface area contributed by atoms with Gasteiger partial charge in [-0.1, -0.05) is 47.5 Å². The fraction of sp³-hybridized carbons (Fsp3) is 0.280. The van der Waals surface area contributed by atoms with Gasteiger partial charge in [-0.15, -0.1) is 0 Å². The minimum absolute atomic E-state index is 0.0697. The molecule has 0 radical (unpaired) electrons. The van der Waals surface area contributed by atoms with E-state index in [1.54, 1.807) is 0 Å². The molecule has 3 aromatic rings. The molecule has 4 rings (SSSR count). The van der Waals surface area contributed by atoms with Crippen LogP contribution in [0.1, 0.15) is 29.2 Å². The van der Waals surface area contributed by atoms with Crippen LogP contribution in [0.5, 0.6) is 0 Å². The Balaban J connectivity index is 1.41. The number of hydrogen-bond donors (Lipinski definition) is 1. The molecule has 0 amide bonds. The molecule has 1 aliphatic rings. The van der Waals surface area contributed by atoms with E-state index in [2.05, 4.69) is 4.90 Å². The Hall–Kier alpha value is -1.98. The van der Waals surface area contributed by atoms with E-state index in [0.717, 1.165) is 30.3 Å². The van der Waals surface area contributed by atoms with Crippen LogP contribution in [0.25, 0.3) is 0 Å². The van der Waals surface area contributed by atoms with Gasteiger partial charge in [0, 0.05) is 29.2 Å². The molecule has 1 unspecified atom stereocenters. The predicted molar refractivity (Wildman–Crippen MR) is 120 cm³/mol. The van der Waals surface area contributed by atoms with E-state index in [9.17, 15) is 13.9 Å². The molecule has 162 valence electrons. The molecule has 0 spiro atoms. The normalized spacial score (nSPS) is 15.8. The monoisotopic (exact) mass is 461 g/mol. The first-order valence-electron chi connectivity index (χ1n) is 10.3. The quantitative estimate of drug-likeness (QED) is 0.446. The molecule has 1 N–H and O–H groups in total. The largest absolute Gasteiger partial charge is 0.393 e. The van der Waals surface area contributed by atoms with Crippen LogP contribution in [-0.4, -0.2) is 29.2 Å². The van der Waals surface area contributed by atoms with Gasteiger partial charge >= 0.3 is 0 Å². The van der Waals surface area contributed by atoms with Crippen molar-refractivity contribution in [2.75, 3.05) is 13.1 Å². The summed E-state index contributed by atoms with van der Waals surface area (Å²) in [7, 11) is 0. The van der Waals surface area contributed by atoms with Crippen molar-refractivity contribution in [1.29, 1.82) is 0 Å². The number of aliphatic hydroxyl groups excluding tert-OH is 1. The molecule has 0 aromatic heterocycles. The molecular weight excluding hydrogens is 439 g/mol. The van der Waals surface area contributed by atoms with E-state index in [0.29, 0.717) is 27.9 Å². The Morgan fingerprint density at radius 2 is 1.32 bits per heavy atom. The van der Waals surface area contributed by atoms with Gasteiger partial charge < -0.3 is 5.11 Å². The highest BCUT2D eigenvalue weighted by Crippen LogP contribution is 2.36. The average molecular weight is 462 g/mol. The van der Waals surface area contributed by atoms with Crippen molar-refractivity contribution in [2.24, 2.45) is 5.92 Å². The molecule has 1 fully saturated rings. The zero-order valence-corrected chi connectivity index (χ0v) is 18.3. The lowest BCUT2D eigenvalue weighted by Gasteiger charge is -2.45. The maximum atomic E-state index is 13.4. The number of aliphatic hydroxyl groups is 1. The van der Waals surface area contributed by atoms with E-state index in [-0.39, 0.29) is 12.5 Å². The highest BCUT2D eigenvalue weighted by molar-refractivity contribution is 6.30. The van der Waals surface area contributed by atoms with Crippen molar-refractivity contribution in [1.82, 2.24) is 4.90 Å². The van der Waals surface area contributed by atoms with Crippen molar-refractivity contribution in [3.63, 3.8) is 0 Å². The van der Waals surface area contributed by atoms with E-state index in [4.69, 9.17) is 23.2 Å². The zero-order valence-electron chi connectivity index (χ0n) is 16.8. The lowest BCUT2D eigenvalue weighted by Crippen LogP contribution is -2.49. The first-order valence-corrected chi connectivity index (χ1v) is 11.0. The van der Waals surface area contributed by atoms with Crippen LogP contribution in [0.4, 0.5) is 8.78 Å². The molecule has 3 aromatic carbocycles. The summed E-state index contributed by atoms with van der Waals surface area (Å²) < 4.78 is 26.8. The molecule has 0 saturated carbocycles. The van der Waals surface area contributed by atoms with Gasteiger partial charge in [0.15, 0.2) is 0 Å². The summed E-state index contributed by atoms with van der Waals surface area (Å²) in [5.41, 5.74) is 2.75. The lowest BCUT2D eigenvalue weighted by atomic mass is 9.86. The Morgan fingerprint density at radius 3 is 1.81 bits per heavy atom. The molecule has 1 heterocycles. The second-order valence-electron chi connectivity index (χ2n) is 8.20. The summed E-state index contributed by atoms with van der Waals surface area (Å²) in [6, 6.07) is 19.1. The van der Waals surface area contributed by atoms with Crippen LogP contribution >= 0.6 is 23.2 Å². The van der Waals surface area contributed by atoms with Gasteiger partial charge in [-0.3, -0.25) is 4.90 Å². The second kappa shape index (κ2) is 9.66. The highest BCUT2D eigenvalue weighted by Gasteiger charge is 2.35. The molecule has 31 heavy (non-hydrogen) atoms. The number of rotatable bonds is 7. The van der Waals surface area contributed by atoms with Gasteiger partial charge in [-0.05, 0) is 71.8 Å². The van der Waals surface area contributed by atoms with Crippen LogP contribution in [0, 0.1) is 17.6 Å². The van der Waals surface area contributed by atoms with Crippen LogP contribution in [-0.2, 0) is 6.42 Å². The van der Waals surface area contributed by atoms with Crippen LogP contribution in [0.2, 0.25) is 10.0 Å². The minimum atomic E-state index is -0.641. The SMILES string of the molecule is OC(Cc1cc(F)cc(F)c1)CC1CN(C(c2ccc(Cl)cc2)c2ccc(Cl)cc2)C1. The van der Waals surface area contributed by atoms with E-state index in [1.165, 1.54) is 12.1 Å². The lowest BCUT2D eigenvalue weighted by molar-refractivity contribution is 0.0298. The van der Waals surface area contributed by atoms with Crippen molar-refractivity contribution in [2.45, 2.75) is 25.0 Å². The second-order valence-corrected chi connectivity index (χ2v) is 9.07. The Kier molecular flexibility index (Phi) is 6.92. The predicted octanol–water partition coefficient (Wildman–Crippen LogP) is 6.29. The number of hydrogen-bond acceptors (Lipinski definition) is 2. The topological polar surface area (TPSA) is 23.5 Å². The van der Waals surface area contributed by atoms with E-state index in [1.807, 2.05) is 48.5 Å². The van der Waals surface area contributed by atoms with Crippen LogP contribution in [0.15, 0.2) is 66.7 Å². The van der Waals surface area contributed by atoms with Gasteiger partial charge in [-0.25, -0.2) is 8.78 Å².